The minimum Gasteiger partial charge on any atom is -0.380 e. The van der Waals surface area contributed by atoms with E-state index in [2.05, 4.69) is 5.32 Å². The topological polar surface area (TPSA) is 72.5 Å². The first-order valence-electron chi connectivity index (χ1n) is 6.33. The number of nitrogens with one attached hydrogen (secondary N) is 1. The number of halogens is 1. The number of ether oxygens (including phenoxy) is 1. The van der Waals surface area contributed by atoms with Gasteiger partial charge in [0.25, 0.3) is 15.0 Å². The molecule has 1 aromatic carbocycles. The van der Waals surface area contributed by atoms with Crippen LogP contribution in [0.1, 0.15) is 29.8 Å². The van der Waals surface area contributed by atoms with E-state index >= 15 is 0 Å². The summed E-state index contributed by atoms with van der Waals surface area (Å²) in [6, 6.07) is 4.49. The van der Waals surface area contributed by atoms with Crippen molar-refractivity contribution in [2.75, 3.05) is 19.8 Å². The Morgan fingerprint density at radius 1 is 1.35 bits per heavy atom. The Morgan fingerprint density at radius 3 is 2.60 bits per heavy atom. The minimum atomic E-state index is -3.86. The van der Waals surface area contributed by atoms with E-state index < -0.39 is 9.05 Å². The third kappa shape index (κ3) is 4.77. The molecule has 5 nitrogen and oxygen atoms in total. The number of rotatable bonds is 7. The van der Waals surface area contributed by atoms with Gasteiger partial charge < -0.3 is 10.1 Å². The average Bonchev–Trinajstić information content (AvgIpc) is 2.41. The van der Waals surface area contributed by atoms with E-state index in [1.807, 2.05) is 13.8 Å². The van der Waals surface area contributed by atoms with Crippen LogP contribution in [0.5, 0.6) is 0 Å². The summed E-state index contributed by atoms with van der Waals surface area (Å²) in [6.07, 6.45) is 0.521. The maximum absolute atomic E-state index is 11.9. The van der Waals surface area contributed by atoms with Gasteiger partial charge in [-0.3, -0.25) is 4.79 Å². The van der Waals surface area contributed by atoms with Crippen LogP contribution in [0, 0.1) is 0 Å². The average molecular weight is 320 g/mol. The molecule has 0 heterocycles. The molecule has 1 amide bonds. The fraction of sp³-hybridized carbons (Fsp3) is 0.462. The summed E-state index contributed by atoms with van der Waals surface area (Å²) in [7, 11) is 1.52. The van der Waals surface area contributed by atoms with E-state index in [0.717, 1.165) is 0 Å². The van der Waals surface area contributed by atoms with Crippen molar-refractivity contribution in [1.29, 1.82) is 0 Å². The molecule has 1 rings (SSSR count). The minimum absolute atomic E-state index is 0.0147. The lowest BCUT2D eigenvalue weighted by Crippen LogP contribution is -2.27. The zero-order valence-electron chi connectivity index (χ0n) is 11.5. The lowest BCUT2D eigenvalue weighted by Gasteiger charge is -2.09. The molecule has 112 valence electrons. The highest BCUT2D eigenvalue weighted by Gasteiger charge is 2.17. The number of hydrogen-bond donors (Lipinski definition) is 1. The van der Waals surface area contributed by atoms with Crippen molar-refractivity contribution in [2.24, 2.45) is 0 Å². The van der Waals surface area contributed by atoms with Crippen molar-refractivity contribution in [3.63, 3.8) is 0 Å². The summed E-state index contributed by atoms with van der Waals surface area (Å²) in [4.78, 5) is 11.9. The molecule has 0 aliphatic carbocycles. The molecule has 0 atom stereocenters. The molecule has 0 aliphatic heterocycles. The molecule has 0 aliphatic rings. The maximum Gasteiger partial charge on any atom is 0.261 e. The second kappa shape index (κ2) is 7.61. The van der Waals surface area contributed by atoms with Crippen molar-refractivity contribution in [3.8, 4) is 0 Å². The van der Waals surface area contributed by atoms with E-state index in [4.69, 9.17) is 15.4 Å². The zero-order valence-corrected chi connectivity index (χ0v) is 13.1. The molecule has 0 saturated heterocycles. The van der Waals surface area contributed by atoms with Gasteiger partial charge in [-0.2, -0.15) is 0 Å². The summed E-state index contributed by atoms with van der Waals surface area (Å²) in [5.41, 5.74) is 0.851. The lowest BCUT2D eigenvalue weighted by atomic mass is 10.1. The van der Waals surface area contributed by atoms with Crippen LogP contribution >= 0.6 is 10.7 Å². The normalized spacial score (nSPS) is 11.3. The lowest BCUT2D eigenvalue weighted by molar-refractivity contribution is 0.0922. The third-order valence-corrected chi connectivity index (χ3v) is 4.11. The Bertz CT molecular complexity index is 572. The van der Waals surface area contributed by atoms with Crippen LogP contribution in [0.15, 0.2) is 23.1 Å². The van der Waals surface area contributed by atoms with Crippen molar-refractivity contribution < 1.29 is 17.9 Å². The first kappa shape index (κ1) is 16.9. The second-order valence-electron chi connectivity index (χ2n) is 4.07. The Balaban J connectivity index is 2.89. The molecule has 0 radical (unpaired) electrons. The van der Waals surface area contributed by atoms with Crippen molar-refractivity contribution in [3.05, 3.63) is 29.3 Å². The summed E-state index contributed by atoms with van der Waals surface area (Å²) in [6.45, 7) is 5.04. The van der Waals surface area contributed by atoms with Crippen molar-refractivity contribution >= 4 is 25.6 Å². The zero-order chi connectivity index (χ0) is 15.2. The number of carbonyl (C=O) groups is 1. The number of hydrogen-bond acceptors (Lipinski definition) is 4. The van der Waals surface area contributed by atoms with E-state index in [1.54, 1.807) is 12.1 Å². The molecule has 0 aromatic heterocycles. The molecule has 20 heavy (non-hydrogen) atoms. The Kier molecular flexibility index (Phi) is 6.45. The van der Waals surface area contributed by atoms with Crippen molar-refractivity contribution in [2.45, 2.75) is 25.2 Å². The van der Waals surface area contributed by atoms with Gasteiger partial charge in [0, 0.05) is 29.4 Å². The molecular weight excluding hydrogens is 302 g/mol. The van der Waals surface area contributed by atoms with Gasteiger partial charge in [0.1, 0.15) is 0 Å². The smallest absolute Gasteiger partial charge is 0.261 e. The van der Waals surface area contributed by atoms with Gasteiger partial charge in [-0.05, 0) is 31.0 Å². The molecule has 0 spiro atoms. The largest absolute Gasteiger partial charge is 0.380 e. The van der Waals surface area contributed by atoms with Gasteiger partial charge in [0.15, 0.2) is 0 Å². The SMILES string of the molecule is CCOCCNC(=O)c1ccc(CC)c(S(=O)(=O)Cl)c1. The van der Waals surface area contributed by atoms with E-state index in [-0.39, 0.29) is 16.4 Å². The van der Waals surface area contributed by atoms with E-state index in [9.17, 15) is 13.2 Å². The van der Waals surface area contributed by atoms with Crippen molar-refractivity contribution in [1.82, 2.24) is 5.32 Å². The van der Waals surface area contributed by atoms with Gasteiger partial charge in [0.2, 0.25) is 0 Å². The van der Waals surface area contributed by atoms with Crippen LogP contribution in [-0.4, -0.2) is 34.1 Å². The highest BCUT2D eigenvalue weighted by Crippen LogP contribution is 2.22. The molecule has 1 N–H and O–H groups in total. The highest BCUT2D eigenvalue weighted by atomic mass is 35.7. The van der Waals surface area contributed by atoms with Gasteiger partial charge in [-0.25, -0.2) is 8.42 Å². The van der Waals surface area contributed by atoms with E-state index in [0.29, 0.717) is 31.7 Å². The highest BCUT2D eigenvalue weighted by molar-refractivity contribution is 8.13. The summed E-state index contributed by atoms with van der Waals surface area (Å²) >= 11 is 0. The quantitative estimate of drug-likeness (QED) is 0.616. The third-order valence-electron chi connectivity index (χ3n) is 2.71. The first-order valence-corrected chi connectivity index (χ1v) is 8.64. The Morgan fingerprint density at radius 2 is 2.05 bits per heavy atom. The van der Waals surface area contributed by atoms with Crippen LogP contribution in [0.4, 0.5) is 0 Å². The van der Waals surface area contributed by atoms with Gasteiger partial charge in [-0.1, -0.05) is 13.0 Å². The van der Waals surface area contributed by atoms with Gasteiger partial charge in [0.05, 0.1) is 11.5 Å². The number of aryl methyl sites for hydroxylation is 1. The van der Waals surface area contributed by atoms with Crippen LogP contribution < -0.4 is 5.32 Å². The fourth-order valence-electron chi connectivity index (χ4n) is 1.70. The molecule has 0 fully saturated rings. The van der Waals surface area contributed by atoms with Crippen LogP contribution in [0.2, 0.25) is 0 Å². The van der Waals surface area contributed by atoms with Gasteiger partial charge >= 0.3 is 0 Å². The standard InChI is InChI=1S/C13H18ClNO4S/c1-3-10-5-6-11(9-12(10)20(14,17)18)13(16)15-7-8-19-4-2/h5-6,9H,3-4,7-8H2,1-2H3,(H,15,16). The van der Waals surface area contributed by atoms with E-state index in [1.165, 1.54) is 6.07 Å². The number of amides is 1. The maximum atomic E-state index is 11.9. The van der Waals surface area contributed by atoms with Gasteiger partial charge in [-0.15, -0.1) is 0 Å². The number of benzene rings is 1. The molecule has 1 aromatic rings. The van der Waals surface area contributed by atoms with Crippen LogP contribution in [0.25, 0.3) is 0 Å². The second-order valence-corrected chi connectivity index (χ2v) is 6.60. The summed E-state index contributed by atoms with van der Waals surface area (Å²) in [5.74, 6) is -0.353. The monoisotopic (exact) mass is 319 g/mol. The molecule has 0 saturated carbocycles. The molecule has 0 bridgehead atoms. The molecule has 7 heteroatoms. The predicted molar refractivity (Wildman–Crippen MR) is 77.7 cm³/mol. The number of carbonyl (C=O) groups excluding carboxylic acids is 1. The fourth-order valence-corrected chi connectivity index (χ4v) is 2.92. The predicted octanol–water partition coefficient (Wildman–Crippen LogP) is 1.94. The molecular formula is C13H18ClNO4S. The molecule has 0 unspecified atom stereocenters. The first-order chi connectivity index (χ1) is 9.40. The van der Waals surface area contributed by atoms with Crippen LogP contribution in [-0.2, 0) is 20.2 Å². The summed E-state index contributed by atoms with van der Waals surface area (Å²) in [5, 5.41) is 2.65. The summed E-state index contributed by atoms with van der Waals surface area (Å²) < 4.78 is 28.1. The Labute approximate surface area is 123 Å². The Hall–Kier alpha value is -1.11. The van der Waals surface area contributed by atoms with Crippen LogP contribution in [0.3, 0.4) is 0 Å².